The first-order valence-electron chi connectivity index (χ1n) is 10.1. The average molecular weight is 429 g/mol. The minimum Gasteiger partial charge on any atom is -0.368 e. The number of fused-ring (bicyclic) bond motifs is 1. The van der Waals surface area contributed by atoms with E-state index in [1.165, 1.54) is 12.3 Å². The highest BCUT2D eigenvalue weighted by atomic mass is 19.4. The Bertz CT molecular complexity index is 1090. The Morgan fingerprint density at radius 1 is 1.13 bits per heavy atom. The van der Waals surface area contributed by atoms with E-state index in [1.807, 2.05) is 35.9 Å². The number of hydrogen-bond donors (Lipinski definition) is 2. The van der Waals surface area contributed by atoms with Gasteiger partial charge < -0.3 is 10.6 Å². The van der Waals surface area contributed by atoms with Crippen LogP contribution in [0.2, 0.25) is 0 Å². The summed E-state index contributed by atoms with van der Waals surface area (Å²) in [6.45, 7) is 2.25. The van der Waals surface area contributed by atoms with Crippen molar-refractivity contribution in [2.75, 3.05) is 18.4 Å². The Morgan fingerprint density at radius 2 is 1.90 bits per heavy atom. The summed E-state index contributed by atoms with van der Waals surface area (Å²) >= 11 is 0. The van der Waals surface area contributed by atoms with Crippen molar-refractivity contribution in [1.29, 1.82) is 0 Å². The second kappa shape index (κ2) is 8.41. The van der Waals surface area contributed by atoms with Gasteiger partial charge in [0, 0.05) is 30.5 Å². The van der Waals surface area contributed by atoms with E-state index in [-0.39, 0.29) is 24.8 Å². The molecule has 9 heteroatoms. The first-order valence-corrected chi connectivity index (χ1v) is 10.1. The molecule has 0 saturated carbocycles. The van der Waals surface area contributed by atoms with Gasteiger partial charge in [-0.1, -0.05) is 17.7 Å². The van der Waals surface area contributed by atoms with E-state index in [2.05, 4.69) is 20.7 Å². The molecule has 0 saturated heterocycles. The standard InChI is InChI=1S/C22H22F3N5O/c1-14-7-9-15(10-8-14)30-18-6-2-4-16(18)19(29-30)21(31)28-13-12-27-20-17(22(23,24)25)5-3-11-26-20/h3,5,7-11H,2,4,6,12-13H2,1H3,(H,26,27)(H,28,31). The number of rotatable bonds is 6. The molecule has 1 aliphatic rings. The fourth-order valence-electron chi connectivity index (χ4n) is 3.73. The summed E-state index contributed by atoms with van der Waals surface area (Å²) in [6.07, 6.45) is -0.614. The second-order valence-electron chi connectivity index (χ2n) is 7.45. The van der Waals surface area contributed by atoms with Gasteiger partial charge in [0.25, 0.3) is 5.91 Å². The quantitative estimate of drug-likeness (QED) is 0.583. The van der Waals surface area contributed by atoms with E-state index in [9.17, 15) is 18.0 Å². The highest BCUT2D eigenvalue weighted by molar-refractivity contribution is 5.94. The molecular weight excluding hydrogens is 407 g/mol. The number of aromatic nitrogens is 3. The lowest BCUT2D eigenvalue weighted by atomic mass is 10.2. The number of carbonyl (C=O) groups excluding carboxylic acids is 1. The van der Waals surface area contributed by atoms with Crippen molar-refractivity contribution in [2.45, 2.75) is 32.4 Å². The van der Waals surface area contributed by atoms with Gasteiger partial charge in [0.1, 0.15) is 5.82 Å². The molecule has 1 aliphatic carbocycles. The Hall–Kier alpha value is -3.36. The van der Waals surface area contributed by atoms with Gasteiger partial charge in [0.15, 0.2) is 5.69 Å². The van der Waals surface area contributed by atoms with Crippen molar-refractivity contribution in [3.8, 4) is 5.69 Å². The molecule has 1 amide bonds. The highest BCUT2D eigenvalue weighted by Gasteiger charge is 2.34. The highest BCUT2D eigenvalue weighted by Crippen LogP contribution is 2.33. The fourth-order valence-corrected chi connectivity index (χ4v) is 3.73. The molecule has 0 radical (unpaired) electrons. The molecule has 6 nitrogen and oxygen atoms in total. The molecule has 2 heterocycles. The Kier molecular flexibility index (Phi) is 5.67. The van der Waals surface area contributed by atoms with Gasteiger partial charge in [-0.15, -0.1) is 0 Å². The zero-order valence-corrected chi connectivity index (χ0v) is 17.0. The minimum absolute atomic E-state index is 0.104. The van der Waals surface area contributed by atoms with Gasteiger partial charge in [-0.25, -0.2) is 9.67 Å². The summed E-state index contributed by atoms with van der Waals surface area (Å²) in [5.41, 5.74) is 3.56. The summed E-state index contributed by atoms with van der Waals surface area (Å²) < 4.78 is 40.9. The predicted octanol–water partition coefficient (Wildman–Crippen LogP) is 3.93. The lowest BCUT2D eigenvalue weighted by Gasteiger charge is -2.13. The van der Waals surface area contributed by atoms with Crippen LogP contribution in [0.3, 0.4) is 0 Å². The molecule has 0 atom stereocenters. The molecule has 0 spiro atoms. The Labute approximate surface area is 177 Å². The van der Waals surface area contributed by atoms with Crippen LogP contribution in [0.4, 0.5) is 19.0 Å². The summed E-state index contributed by atoms with van der Waals surface area (Å²) in [5.74, 6) is -0.586. The van der Waals surface area contributed by atoms with Crippen molar-refractivity contribution in [3.05, 3.63) is 70.7 Å². The van der Waals surface area contributed by atoms with Crippen molar-refractivity contribution < 1.29 is 18.0 Å². The van der Waals surface area contributed by atoms with Crippen molar-refractivity contribution >= 4 is 11.7 Å². The maximum Gasteiger partial charge on any atom is 0.419 e. The number of aryl methyl sites for hydroxylation is 1. The summed E-state index contributed by atoms with van der Waals surface area (Å²) in [6, 6.07) is 10.1. The van der Waals surface area contributed by atoms with Crippen LogP contribution in [0.1, 0.15) is 39.3 Å². The van der Waals surface area contributed by atoms with Crippen LogP contribution in [0.15, 0.2) is 42.6 Å². The Morgan fingerprint density at radius 3 is 2.65 bits per heavy atom. The normalized spacial score (nSPS) is 13.2. The number of halogens is 3. The number of nitrogens with one attached hydrogen (secondary N) is 2. The Balaban J connectivity index is 1.42. The minimum atomic E-state index is -4.50. The van der Waals surface area contributed by atoms with Gasteiger partial charge in [0.2, 0.25) is 0 Å². The number of benzene rings is 1. The van der Waals surface area contributed by atoms with Crippen LogP contribution in [-0.4, -0.2) is 33.8 Å². The number of alkyl halides is 3. The molecule has 2 N–H and O–H groups in total. The summed E-state index contributed by atoms with van der Waals surface area (Å²) in [5, 5.41) is 9.93. The average Bonchev–Trinajstić information content (AvgIpc) is 3.34. The van der Waals surface area contributed by atoms with E-state index in [4.69, 9.17) is 0 Å². The monoisotopic (exact) mass is 429 g/mol. The molecule has 1 aromatic carbocycles. The fraction of sp³-hybridized carbons (Fsp3) is 0.318. The third-order valence-corrected chi connectivity index (χ3v) is 5.24. The SMILES string of the molecule is Cc1ccc(-n2nc(C(=O)NCCNc3ncccc3C(F)(F)F)c3c2CCC3)cc1. The second-order valence-corrected chi connectivity index (χ2v) is 7.45. The van der Waals surface area contributed by atoms with Crippen LogP contribution in [0.25, 0.3) is 5.69 Å². The van der Waals surface area contributed by atoms with E-state index in [0.717, 1.165) is 47.8 Å². The third-order valence-electron chi connectivity index (χ3n) is 5.24. The van der Waals surface area contributed by atoms with Crippen LogP contribution in [0.5, 0.6) is 0 Å². The van der Waals surface area contributed by atoms with Crippen LogP contribution < -0.4 is 10.6 Å². The van der Waals surface area contributed by atoms with Crippen LogP contribution in [-0.2, 0) is 19.0 Å². The van der Waals surface area contributed by atoms with Gasteiger partial charge in [-0.05, 0) is 50.5 Å². The van der Waals surface area contributed by atoms with Gasteiger partial charge >= 0.3 is 6.18 Å². The van der Waals surface area contributed by atoms with E-state index < -0.39 is 11.7 Å². The van der Waals surface area contributed by atoms with Crippen LogP contribution in [0, 0.1) is 6.92 Å². The molecule has 162 valence electrons. The maximum atomic E-state index is 13.0. The molecule has 31 heavy (non-hydrogen) atoms. The van der Waals surface area contributed by atoms with E-state index in [1.54, 1.807) is 0 Å². The smallest absolute Gasteiger partial charge is 0.368 e. The molecular formula is C22H22F3N5O. The van der Waals surface area contributed by atoms with E-state index in [0.29, 0.717) is 5.69 Å². The molecule has 3 aromatic rings. The molecule has 0 bridgehead atoms. The van der Waals surface area contributed by atoms with Crippen molar-refractivity contribution in [1.82, 2.24) is 20.1 Å². The van der Waals surface area contributed by atoms with Crippen molar-refractivity contribution in [3.63, 3.8) is 0 Å². The molecule has 4 rings (SSSR count). The van der Waals surface area contributed by atoms with Gasteiger partial charge in [-0.2, -0.15) is 18.3 Å². The summed E-state index contributed by atoms with van der Waals surface area (Å²) in [4.78, 5) is 16.5. The third kappa shape index (κ3) is 4.40. The molecule has 0 fully saturated rings. The topological polar surface area (TPSA) is 71.8 Å². The number of anilines is 1. The lowest BCUT2D eigenvalue weighted by Crippen LogP contribution is -2.30. The van der Waals surface area contributed by atoms with Gasteiger partial charge in [0.05, 0.1) is 11.3 Å². The van der Waals surface area contributed by atoms with Crippen molar-refractivity contribution in [2.24, 2.45) is 0 Å². The largest absolute Gasteiger partial charge is 0.419 e. The molecule has 0 aliphatic heterocycles. The number of nitrogens with zero attached hydrogens (tertiary/aromatic N) is 3. The maximum absolute atomic E-state index is 13.0. The van der Waals surface area contributed by atoms with E-state index >= 15 is 0 Å². The number of amides is 1. The number of hydrogen-bond acceptors (Lipinski definition) is 4. The molecule has 2 aromatic heterocycles. The first kappa shape index (κ1) is 20.9. The lowest BCUT2D eigenvalue weighted by molar-refractivity contribution is -0.137. The zero-order valence-electron chi connectivity index (χ0n) is 17.0. The van der Waals surface area contributed by atoms with Gasteiger partial charge in [-0.3, -0.25) is 4.79 Å². The predicted molar refractivity (Wildman–Crippen MR) is 110 cm³/mol. The molecule has 0 unspecified atom stereocenters. The number of carbonyl (C=O) groups is 1. The summed E-state index contributed by atoms with van der Waals surface area (Å²) in [7, 11) is 0. The first-order chi connectivity index (χ1) is 14.8. The zero-order chi connectivity index (χ0) is 22.0. The number of pyridine rings is 1. The van der Waals surface area contributed by atoms with Crippen LogP contribution >= 0.6 is 0 Å².